The normalized spacial score (nSPS) is 10.7. The summed E-state index contributed by atoms with van der Waals surface area (Å²) >= 11 is 12.0. The summed E-state index contributed by atoms with van der Waals surface area (Å²) in [6.07, 6.45) is 2.32. The number of nitrogens with zero attached hydrogens (tertiary/aromatic N) is 1. The van der Waals surface area contributed by atoms with Gasteiger partial charge in [-0.1, -0.05) is 36.2 Å². The van der Waals surface area contributed by atoms with Crippen molar-refractivity contribution >= 4 is 41.3 Å². The average molecular weight is 545 g/mol. The van der Waals surface area contributed by atoms with Crippen LogP contribution in [0.15, 0.2) is 65.8 Å². The molecule has 3 aromatic rings. The number of hydrogen-bond donors (Lipinski definition) is 1. The van der Waals surface area contributed by atoms with Crippen LogP contribution in [0.4, 0.5) is 0 Å². The lowest BCUT2D eigenvalue weighted by molar-refractivity contribution is -0.123. The molecule has 0 saturated carbocycles. The van der Waals surface area contributed by atoms with Gasteiger partial charge in [0.2, 0.25) is 0 Å². The third-order valence-corrected chi connectivity index (χ3v) is 5.51. The van der Waals surface area contributed by atoms with Crippen molar-refractivity contribution in [2.24, 2.45) is 5.10 Å². The van der Waals surface area contributed by atoms with Gasteiger partial charge in [0.25, 0.3) is 5.91 Å². The summed E-state index contributed by atoms with van der Waals surface area (Å²) in [7, 11) is 0. The highest BCUT2D eigenvalue weighted by Gasteiger charge is 2.14. The van der Waals surface area contributed by atoms with E-state index >= 15 is 0 Å². The van der Waals surface area contributed by atoms with Crippen LogP contribution >= 0.6 is 23.2 Å². The highest BCUT2D eigenvalue weighted by Crippen LogP contribution is 2.31. The second kappa shape index (κ2) is 14.1. The summed E-state index contributed by atoms with van der Waals surface area (Å²) in [6, 6.07) is 16.5. The first-order valence-corrected chi connectivity index (χ1v) is 12.3. The van der Waals surface area contributed by atoms with Crippen LogP contribution in [-0.2, 0) is 4.79 Å². The van der Waals surface area contributed by atoms with E-state index in [0.29, 0.717) is 46.6 Å². The predicted octanol–water partition coefficient (Wildman–Crippen LogP) is 5.93. The molecule has 0 aromatic heterocycles. The van der Waals surface area contributed by atoms with E-state index in [-0.39, 0.29) is 17.4 Å². The Bertz CT molecular complexity index is 1250. The van der Waals surface area contributed by atoms with Gasteiger partial charge in [-0.25, -0.2) is 10.2 Å². The molecule has 0 saturated heterocycles. The van der Waals surface area contributed by atoms with Crippen LogP contribution in [0.3, 0.4) is 0 Å². The molecule has 0 unspecified atom stereocenters. The van der Waals surface area contributed by atoms with Crippen LogP contribution in [0.25, 0.3) is 0 Å². The topological polar surface area (TPSA) is 95.5 Å². The largest absolute Gasteiger partial charge is 0.494 e. The number of nitrogens with one attached hydrogen (secondary N) is 1. The van der Waals surface area contributed by atoms with Gasteiger partial charge in [-0.05, 0) is 73.5 Å². The van der Waals surface area contributed by atoms with Crippen LogP contribution in [0, 0.1) is 0 Å². The first kappa shape index (κ1) is 27.8. The smallest absolute Gasteiger partial charge is 0.343 e. The summed E-state index contributed by atoms with van der Waals surface area (Å²) in [6.45, 7) is 4.49. The Morgan fingerprint density at radius 1 is 0.919 bits per heavy atom. The van der Waals surface area contributed by atoms with Crippen molar-refractivity contribution in [3.63, 3.8) is 0 Å². The zero-order valence-corrected chi connectivity index (χ0v) is 21.8. The molecule has 8 nitrogen and oxygen atoms in total. The monoisotopic (exact) mass is 544 g/mol. The van der Waals surface area contributed by atoms with E-state index in [9.17, 15) is 9.59 Å². The molecule has 0 aliphatic heterocycles. The fraction of sp³-hybridized carbons (Fsp3) is 0.222. The van der Waals surface area contributed by atoms with Crippen LogP contribution in [0.1, 0.15) is 36.2 Å². The number of carbonyl (C=O) groups is 2. The van der Waals surface area contributed by atoms with Crippen molar-refractivity contribution in [2.75, 3.05) is 19.8 Å². The number of ether oxygens (including phenoxy) is 4. The number of halogens is 2. The lowest BCUT2D eigenvalue weighted by Gasteiger charge is -2.12. The second-order valence-corrected chi connectivity index (χ2v) is 8.32. The number of rotatable bonds is 12. The summed E-state index contributed by atoms with van der Waals surface area (Å²) in [4.78, 5) is 24.7. The molecule has 194 valence electrons. The molecule has 0 spiro atoms. The van der Waals surface area contributed by atoms with Gasteiger partial charge in [-0.15, -0.1) is 0 Å². The molecule has 0 bridgehead atoms. The number of esters is 1. The minimum Gasteiger partial charge on any atom is -0.494 e. The van der Waals surface area contributed by atoms with Gasteiger partial charge in [-0.3, -0.25) is 4.79 Å². The maximum Gasteiger partial charge on any atom is 0.343 e. The molecule has 0 aliphatic carbocycles. The summed E-state index contributed by atoms with van der Waals surface area (Å²) in [5.41, 5.74) is 3.35. The summed E-state index contributed by atoms with van der Waals surface area (Å²) in [5.74, 6) is 0.564. The molecular formula is C27H26Cl2N2O6. The Labute approximate surface area is 225 Å². The molecule has 0 atom stereocenters. The zero-order valence-electron chi connectivity index (χ0n) is 20.3. The van der Waals surface area contributed by atoms with E-state index in [1.54, 1.807) is 60.7 Å². The molecule has 10 heteroatoms. The number of hydrazone groups is 1. The second-order valence-electron chi connectivity index (χ2n) is 7.54. The number of benzene rings is 3. The highest BCUT2D eigenvalue weighted by atomic mass is 35.5. The van der Waals surface area contributed by atoms with Crippen LogP contribution in [0.5, 0.6) is 23.0 Å². The first-order chi connectivity index (χ1) is 17.9. The van der Waals surface area contributed by atoms with Crippen molar-refractivity contribution in [3.8, 4) is 23.0 Å². The Morgan fingerprint density at radius 3 is 2.43 bits per heavy atom. The molecule has 3 aromatic carbocycles. The number of amides is 1. The van der Waals surface area contributed by atoms with Gasteiger partial charge >= 0.3 is 5.97 Å². The molecule has 37 heavy (non-hydrogen) atoms. The van der Waals surface area contributed by atoms with Gasteiger partial charge in [0, 0.05) is 0 Å². The number of hydrogen-bond acceptors (Lipinski definition) is 7. The third kappa shape index (κ3) is 8.41. The van der Waals surface area contributed by atoms with Gasteiger partial charge in [-0.2, -0.15) is 5.10 Å². The molecule has 1 N–H and O–H groups in total. The van der Waals surface area contributed by atoms with Gasteiger partial charge in [0.15, 0.2) is 18.1 Å². The van der Waals surface area contributed by atoms with Crippen molar-refractivity contribution in [1.82, 2.24) is 5.43 Å². The van der Waals surface area contributed by atoms with Crippen molar-refractivity contribution in [1.29, 1.82) is 0 Å². The highest BCUT2D eigenvalue weighted by molar-refractivity contribution is 6.42. The molecule has 1 amide bonds. The molecule has 0 aliphatic rings. The average Bonchev–Trinajstić information content (AvgIpc) is 2.90. The van der Waals surface area contributed by atoms with E-state index in [0.717, 1.165) is 6.42 Å². The Balaban J connectivity index is 1.58. The van der Waals surface area contributed by atoms with Gasteiger partial charge < -0.3 is 18.9 Å². The van der Waals surface area contributed by atoms with E-state index in [4.69, 9.17) is 42.1 Å². The maximum absolute atomic E-state index is 12.6. The van der Waals surface area contributed by atoms with Crippen LogP contribution < -0.4 is 24.4 Å². The Morgan fingerprint density at radius 2 is 1.70 bits per heavy atom. The Hall–Kier alpha value is -3.75. The molecular weight excluding hydrogens is 519 g/mol. The lowest BCUT2D eigenvalue weighted by atomic mass is 10.2. The Kier molecular flexibility index (Phi) is 10.6. The zero-order chi connectivity index (χ0) is 26.6. The molecule has 0 fully saturated rings. The van der Waals surface area contributed by atoms with Crippen molar-refractivity contribution < 1.29 is 28.5 Å². The van der Waals surface area contributed by atoms with Crippen LogP contribution in [-0.4, -0.2) is 37.9 Å². The summed E-state index contributed by atoms with van der Waals surface area (Å²) < 4.78 is 22.1. The van der Waals surface area contributed by atoms with Gasteiger partial charge in [0.05, 0.1) is 30.0 Å². The fourth-order valence-corrected chi connectivity index (χ4v) is 3.32. The molecule has 3 rings (SSSR count). The quantitative estimate of drug-likeness (QED) is 0.131. The van der Waals surface area contributed by atoms with Gasteiger partial charge in [0.1, 0.15) is 16.5 Å². The minimum atomic E-state index is -0.531. The van der Waals surface area contributed by atoms with Crippen molar-refractivity contribution in [3.05, 3.63) is 81.8 Å². The van der Waals surface area contributed by atoms with E-state index in [2.05, 4.69) is 10.5 Å². The number of carbonyl (C=O) groups excluding carboxylic acids is 2. The predicted molar refractivity (Wildman–Crippen MR) is 142 cm³/mol. The standard InChI is InChI=1S/C27H26Cl2N2O6/c1-3-14-35-20-11-9-19(10-12-20)27(33)37-22-13-8-18(15-24(22)34-4-2)16-30-31-25(32)17-36-23-7-5-6-21(28)26(23)29/h5-13,15-16H,3-4,14,17H2,1-2H3,(H,31,32). The molecule has 0 heterocycles. The maximum atomic E-state index is 12.6. The van der Waals surface area contributed by atoms with E-state index in [1.165, 1.54) is 6.21 Å². The van der Waals surface area contributed by atoms with Crippen molar-refractivity contribution in [2.45, 2.75) is 20.3 Å². The minimum absolute atomic E-state index is 0.225. The third-order valence-electron chi connectivity index (χ3n) is 4.71. The lowest BCUT2D eigenvalue weighted by Crippen LogP contribution is -2.24. The van der Waals surface area contributed by atoms with Crippen LogP contribution in [0.2, 0.25) is 10.0 Å². The van der Waals surface area contributed by atoms with E-state index < -0.39 is 11.9 Å². The summed E-state index contributed by atoms with van der Waals surface area (Å²) in [5, 5.41) is 4.47. The SMILES string of the molecule is CCCOc1ccc(C(=O)Oc2ccc(C=NNC(=O)COc3cccc(Cl)c3Cl)cc2OCC)cc1. The molecule has 0 radical (unpaired) electrons. The first-order valence-electron chi connectivity index (χ1n) is 11.5. The fourth-order valence-electron chi connectivity index (χ4n) is 2.97. The van der Waals surface area contributed by atoms with E-state index in [1.807, 2.05) is 13.8 Å².